The van der Waals surface area contributed by atoms with Crippen LogP contribution >= 0.6 is 0 Å². The summed E-state index contributed by atoms with van der Waals surface area (Å²) < 4.78 is 11.8. The van der Waals surface area contributed by atoms with Crippen LogP contribution in [0.15, 0.2) is 109 Å². The zero-order chi connectivity index (χ0) is 35.6. The van der Waals surface area contributed by atoms with Crippen molar-refractivity contribution in [3.63, 3.8) is 0 Å². The van der Waals surface area contributed by atoms with Gasteiger partial charge in [-0.05, 0) is 72.5 Å². The van der Waals surface area contributed by atoms with E-state index in [-0.39, 0.29) is 0 Å². The van der Waals surface area contributed by atoms with E-state index in [1.165, 1.54) is 0 Å². The van der Waals surface area contributed by atoms with Gasteiger partial charge in [-0.3, -0.25) is 19.2 Å². The highest BCUT2D eigenvalue weighted by molar-refractivity contribution is 5.99. The van der Waals surface area contributed by atoms with Crippen LogP contribution in [0.2, 0.25) is 0 Å². The Hall–Kier alpha value is -5.64. The van der Waals surface area contributed by atoms with Crippen LogP contribution in [0.1, 0.15) is 62.7 Å². The quantitative estimate of drug-likeness (QED) is 0.0949. The number of nitrogens with one attached hydrogen (secondary N) is 2. The fraction of sp³-hybridized carbons (Fsp3) is 0.300. The lowest BCUT2D eigenvalue weighted by Gasteiger charge is -2.46. The topological polar surface area (TPSA) is 151 Å². The van der Waals surface area contributed by atoms with Crippen molar-refractivity contribution in [2.24, 2.45) is 23.7 Å². The monoisotopic (exact) mass is 678 g/mol. The number of aliphatic carboxylic acids is 2. The first-order valence-electron chi connectivity index (χ1n) is 16.9. The molecule has 50 heavy (non-hydrogen) atoms. The van der Waals surface area contributed by atoms with Crippen molar-refractivity contribution < 1.29 is 38.9 Å². The molecule has 1 aliphatic carbocycles. The van der Waals surface area contributed by atoms with Gasteiger partial charge >= 0.3 is 11.9 Å². The molecule has 2 amide bonds. The molecule has 5 rings (SSSR count). The molecule has 1 fully saturated rings. The molecule has 0 aromatic heterocycles. The molecule has 10 heteroatoms. The van der Waals surface area contributed by atoms with Crippen LogP contribution in [0.5, 0.6) is 23.0 Å². The van der Waals surface area contributed by atoms with Crippen LogP contribution in [0, 0.1) is 23.7 Å². The van der Waals surface area contributed by atoms with Crippen LogP contribution in [-0.2, 0) is 19.2 Å². The van der Waals surface area contributed by atoms with Crippen molar-refractivity contribution in [3.05, 3.63) is 120 Å². The van der Waals surface area contributed by atoms with Gasteiger partial charge in [0.25, 0.3) is 0 Å². The van der Waals surface area contributed by atoms with E-state index in [4.69, 9.17) is 9.47 Å². The molecule has 1 saturated carbocycles. The fourth-order valence-electron chi connectivity index (χ4n) is 6.56. The molecule has 0 bridgehead atoms. The summed E-state index contributed by atoms with van der Waals surface area (Å²) in [6, 6.07) is 32.0. The summed E-state index contributed by atoms with van der Waals surface area (Å²) in [5.74, 6) is -7.54. The summed E-state index contributed by atoms with van der Waals surface area (Å²) in [6.07, 6.45) is 2.49. The molecule has 0 heterocycles. The highest BCUT2D eigenvalue weighted by Crippen LogP contribution is 2.48. The number of hydrogen-bond acceptors (Lipinski definition) is 6. The average Bonchev–Trinajstić information content (AvgIpc) is 3.09. The van der Waals surface area contributed by atoms with Gasteiger partial charge in [-0.2, -0.15) is 0 Å². The maximum absolute atomic E-state index is 13.9. The van der Waals surface area contributed by atoms with Gasteiger partial charge in [-0.25, -0.2) is 0 Å². The van der Waals surface area contributed by atoms with E-state index in [2.05, 4.69) is 10.6 Å². The maximum atomic E-state index is 13.9. The van der Waals surface area contributed by atoms with Crippen LogP contribution in [0.25, 0.3) is 0 Å². The minimum absolute atomic E-state index is 0.496. The van der Waals surface area contributed by atoms with Gasteiger partial charge < -0.3 is 30.3 Å². The standard InChI is InChI=1S/C40H42N2O8/c1-3-11-31(25-17-21-29(22-18-25)49-27-13-7-5-8-14-27)41-37(43)33-34(36(40(47)48)35(33)39(45)46)38(44)42-32(12-4-2)26-19-23-30(24-20-26)50-28-15-9-6-10-16-28/h5-10,13-24,31-36H,3-4,11-12H2,1-2H3,(H,41,43)(H,42,44)(H,45,46)(H,47,48)/t31-,32-,33+,34+,35+,36+/m0/s1. The Bertz CT molecular complexity index is 1620. The van der Waals surface area contributed by atoms with Crippen LogP contribution in [-0.4, -0.2) is 34.0 Å². The van der Waals surface area contributed by atoms with Crippen molar-refractivity contribution in [1.29, 1.82) is 0 Å². The molecular weight excluding hydrogens is 636 g/mol. The average molecular weight is 679 g/mol. The Kier molecular flexibility index (Phi) is 11.9. The second kappa shape index (κ2) is 16.6. The molecule has 6 atom stereocenters. The van der Waals surface area contributed by atoms with Gasteiger partial charge in [-0.15, -0.1) is 0 Å². The SMILES string of the molecule is CCC[C@H](NC(=O)[C@H]1[C@@H](C(=O)O)[C@H](C(=O)O)[C@@H]1C(=O)N[C@@H](CCC)c1ccc(Oc2ccccc2)cc1)c1ccc(Oc2ccccc2)cc1. The molecule has 0 saturated heterocycles. The van der Waals surface area contributed by atoms with E-state index in [0.717, 1.165) is 11.1 Å². The van der Waals surface area contributed by atoms with Crippen molar-refractivity contribution in [2.75, 3.05) is 0 Å². The van der Waals surface area contributed by atoms with Gasteiger partial charge in [0.15, 0.2) is 0 Å². The number of carbonyl (C=O) groups is 4. The first kappa shape index (κ1) is 35.7. The number of para-hydroxylation sites is 2. The number of amides is 2. The number of carboxylic acids is 2. The Morgan fingerprint density at radius 2 is 0.840 bits per heavy atom. The summed E-state index contributed by atoms with van der Waals surface area (Å²) in [4.78, 5) is 52.5. The Morgan fingerprint density at radius 3 is 1.14 bits per heavy atom. The predicted molar refractivity (Wildman–Crippen MR) is 187 cm³/mol. The molecule has 1 aliphatic rings. The smallest absolute Gasteiger partial charge is 0.308 e. The van der Waals surface area contributed by atoms with Crippen molar-refractivity contribution in [1.82, 2.24) is 10.6 Å². The molecular formula is C40H42N2O8. The van der Waals surface area contributed by atoms with E-state index in [0.29, 0.717) is 48.7 Å². The second-order valence-electron chi connectivity index (χ2n) is 12.4. The van der Waals surface area contributed by atoms with Gasteiger partial charge in [0, 0.05) is 0 Å². The minimum Gasteiger partial charge on any atom is -0.481 e. The van der Waals surface area contributed by atoms with Gasteiger partial charge in [-0.1, -0.05) is 87.4 Å². The molecule has 260 valence electrons. The maximum Gasteiger partial charge on any atom is 0.308 e. The van der Waals surface area contributed by atoms with Crippen LogP contribution in [0.4, 0.5) is 0 Å². The normalized spacial score (nSPS) is 19.2. The number of carboxylic acid groups (broad SMARTS) is 2. The number of carbonyl (C=O) groups excluding carboxylic acids is 2. The van der Waals surface area contributed by atoms with E-state index >= 15 is 0 Å². The highest BCUT2D eigenvalue weighted by Gasteiger charge is 2.64. The van der Waals surface area contributed by atoms with E-state index in [1.54, 1.807) is 24.3 Å². The molecule has 4 N–H and O–H groups in total. The Labute approximate surface area is 291 Å². The number of hydrogen-bond donors (Lipinski definition) is 4. The zero-order valence-corrected chi connectivity index (χ0v) is 28.0. The molecule has 0 spiro atoms. The summed E-state index contributed by atoms with van der Waals surface area (Å²) in [5, 5.41) is 26.0. The lowest BCUT2D eigenvalue weighted by atomic mass is 9.55. The van der Waals surface area contributed by atoms with Crippen LogP contribution < -0.4 is 20.1 Å². The van der Waals surface area contributed by atoms with Crippen molar-refractivity contribution >= 4 is 23.8 Å². The first-order chi connectivity index (χ1) is 24.2. The number of ether oxygens (including phenoxy) is 2. The van der Waals surface area contributed by atoms with Gasteiger partial charge in [0.1, 0.15) is 23.0 Å². The summed E-state index contributed by atoms with van der Waals surface area (Å²) in [7, 11) is 0. The fourth-order valence-corrected chi connectivity index (χ4v) is 6.56. The molecule has 10 nitrogen and oxygen atoms in total. The van der Waals surface area contributed by atoms with Crippen molar-refractivity contribution in [2.45, 2.75) is 51.6 Å². The van der Waals surface area contributed by atoms with Crippen molar-refractivity contribution in [3.8, 4) is 23.0 Å². The first-order valence-corrected chi connectivity index (χ1v) is 16.9. The number of rotatable bonds is 16. The lowest BCUT2D eigenvalue weighted by Crippen LogP contribution is -2.64. The largest absolute Gasteiger partial charge is 0.481 e. The van der Waals surface area contributed by atoms with Gasteiger partial charge in [0.05, 0.1) is 35.8 Å². The van der Waals surface area contributed by atoms with Crippen LogP contribution in [0.3, 0.4) is 0 Å². The minimum atomic E-state index is -1.56. The summed E-state index contributed by atoms with van der Waals surface area (Å²) in [5.41, 5.74) is 1.54. The summed E-state index contributed by atoms with van der Waals surface area (Å²) in [6.45, 7) is 3.92. The Morgan fingerprint density at radius 1 is 0.520 bits per heavy atom. The highest BCUT2D eigenvalue weighted by atomic mass is 16.5. The second-order valence-corrected chi connectivity index (χ2v) is 12.4. The predicted octanol–water partition coefficient (Wildman–Crippen LogP) is 7.53. The zero-order valence-electron chi connectivity index (χ0n) is 28.0. The third-order valence-corrected chi connectivity index (χ3v) is 9.03. The van der Waals surface area contributed by atoms with E-state index in [1.807, 2.05) is 98.8 Å². The molecule has 0 radical (unpaired) electrons. The third kappa shape index (κ3) is 8.49. The molecule has 0 unspecified atom stereocenters. The number of benzene rings is 4. The van der Waals surface area contributed by atoms with Gasteiger partial charge in [0.2, 0.25) is 11.8 Å². The summed E-state index contributed by atoms with van der Waals surface area (Å²) >= 11 is 0. The molecule has 4 aromatic carbocycles. The third-order valence-electron chi connectivity index (χ3n) is 9.03. The lowest BCUT2D eigenvalue weighted by molar-refractivity contribution is -0.182. The van der Waals surface area contributed by atoms with E-state index < -0.39 is 59.5 Å². The Balaban J connectivity index is 1.33. The molecule has 4 aromatic rings. The van der Waals surface area contributed by atoms with E-state index in [9.17, 15) is 29.4 Å². The molecule has 0 aliphatic heterocycles.